The summed E-state index contributed by atoms with van der Waals surface area (Å²) in [7, 11) is 0. The molecule has 4 nitrogen and oxygen atoms in total. The van der Waals surface area contributed by atoms with Crippen LogP contribution in [0.3, 0.4) is 0 Å². The first-order valence-electron chi connectivity index (χ1n) is 5.96. The van der Waals surface area contributed by atoms with Gasteiger partial charge in [-0.2, -0.15) is 0 Å². The topological polar surface area (TPSA) is 62.4 Å². The van der Waals surface area contributed by atoms with Gasteiger partial charge in [-0.25, -0.2) is 10.8 Å². The molecule has 0 aromatic heterocycles. The van der Waals surface area contributed by atoms with Gasteiger partial charge < -0.3 is 5.32 Å². The Hall–Kier alpha value is -0.970. The molecule has 0 atom stereocenters. The van der Waals surface area contributed by atoms with Gasteiger partial charge in [0, 0.05) is 0 Å². The van der Waals surface area contributed by atoms with Crippen molar-refractivity contribution in [2.45, 2.75) is 31.7 Å². The van der Waals surface area contributed by atoms with E-state index < -0.39 is 0 Å². The first-order chi connectivity index (χ1) is 8.70. The lowest BCUT2D eigenvalue weighted by molar-refractivity contribution is 0.700. The van der Waals surface area contributed by atoms with Gasteiger partial charge in [-0.1, -0.05) is 42.1 Å². The fourth-order valence-electron chi connectivity index (χ4n) is 2.05. The molecule has 2 rings (SSSR count). The Morgan fingerprint density at radius 1 is 1.28 bits per heavy atom. The molecule has 6 heteroatoms. The standard InChI is InChI=1S/C12H16Cl2N4/c13-9-6-3-7-10(11(9)14)17-12(18-15)16-8-4-1-2-5-8/h3,6-8H,1-2,4-5,15H2,(H2,16,17,18). The number of benzene rings is 1. The number of anilines is 1. The Balaban J connectivity index is 2.12. The Morgan fingerprint density at radius 3 is 2.67 bits per heavy atom. The van der Waals surface area contributed by atoms with Crippen LogP contribution < -0.4 is 16.6 Å². The zero-order valence-electron chi connectivity index (χ0n) is 9.92. The van der Waals surface area contributed by atoms with E-state index in [0.717, 1.165) is 12.8 Å². The van der Waals surface area contributed by atoms with Gasteiger partial charge in [0.2, 0.25) is 5.96 Å². The van der Waals surface area contributed by atoms with Gasteiger partial charge in [0.1, 0.15) is 0 Å². The Morgan fingerprint density at radius 2 is 2.00 bits per heavy atom. The van der Waals surface area contributed by atoms with Gasteiger partial charge in [-0.3, -0.25) is 5.43 Å². The van der Waals surface area contributed by atoms with Crippen molar-refractivity contribution in [2.24, 2.45) is 10.8 Å². The first kappa shape index (κ1) is 13.5. The van der Waals surface area contributed by atoms with Gasteiger partial charge in [-0.05, 0) is 25.0 Å². The summed E-state index contributed by atoms with van der Waals surface area (Å²) in [5.74, 6) is 5.99. The van der Waals surface area contributed by atoms with Crippen LogP contribution in [0.15, 0.2) is 23.2 Å². The lowest BCUT2D eigenvalue weighted by atomic mass is 10.3. The highest BCUT2D eigenvalue weighted by Crippen LogP contribution is 2.29. The third-order valence-electron chi connectivity index (χ3n) is 2.98. The normalized spacial score (nSPS) is 16.9. The number of hydrogen-bond donors (Lipinski definition) is 3. The Bertz CT molecular complexity index is 442. The molecule has 1 aliphatic rings. The SMILES string of the molecule is NNC(=NC1CCCC1)Nc1cccc(Cl)c1Cl. The highest BCUT2D eigenvalue weighted by molar-refractivity contribution is 6.44. The minimum Gasteiger partial charge on any atom is -0.324 e. The van der Waals surface area contributed by atoms with Crippen LogP contribution in [0.25, 0.3) is 0 Å². The molecule has 1 saturated carbocycles. The summed E-state index contributed by atoms with van der Waals surface area (Å²) in [6.07, 6.45) is 4.67. The Kier molecular flexibility index (Phi) is 4.69. The number of hydrogen-bond acceptors (Lipinski definition) is 2. The lowest BCUT2D eigenvalue weighted by Crippen LogP contribution is -2.37. The quantitative estimate of drug-likeness (QED) is 0.339. The van der Waals surface area contributed by atoms with E-state index in [4.69, 9.17) is 29.0 Å². The molecule has 4 N–H and O–H groups in total. The van der Waals surface area contributed by atoms with Crippen molar-refractivity contribution >= 4 is 34.8 Å². The molecule has 0 saturated heterocycles. The molecule has 1 aliphatic carbocycles. The summed E-state index contributed by atoms with van der Waals surface area (Å²) in [5.41, 5.74) is 3.25. The van der Waals surface area contributed by atoms with Crippen molar-refractivity contribution in [3.05, 3.63) is 28.2 Å². The molecule has 0 bridgehead atoms. The summed E-state index contributed by atoms with van der Waals surface area (Å²) in [6, 6.07) is 5.72. The van der Waals surface area contributed by atoms with Gasteiger partial charge in [0.15, 0.2) is 0 Å². The number of nitrogens with one attached hydrogen (secondary N) is 2. The van der Waals surface area contributed by atoms with E-state index in [-0.39, 0.29) is 0 Å². The van der Waals surface area contributed by atoms with E-state index in [1.54, 1.807) is 6.07 Å². The molecule has 18 heavy (non-hydrogen) atoms. The van der Waals surface area contributed by atoms with Crippen molar-refractivity contribution < 1.29 is 0 Å². The molecular weight excluding hydrogens is 271 g/mol. The molecule has 1 fully saturated rings. The summed E-state index contributed by atoms with van der Waals surface area (Å²) in [5, 5.41) is 4.03. The third-order valence-corrected chi connectivity index (χ3v) is 3.80. The molecule has 98 valence electrons. The lowest BCUT2D eigenvalue weighted by Gasteiger charge is -2.13. The maximum absolute atomic E-state index is 6.09. The highest BCUT2D eigenvalue weighted by atomic mass is 35.5. The average Bonchev–Trinajstić information content (AvgIpc) is 2.86. The molecule has 0 heterocycles. The van der Waals surface area contributed by atoms with E-state index in [1.807, 2.05) is 12.1 Å². The summed E-state index contributed by atoms with van der Waals surface area (Å²) < 4.78 is 0. The number of guanidine groups is 1. The van der Waals surface area contributed by atoms with Crippen LogP contribution >= 0.6 is 23.2 Å². The number of rotatable bonds is 2. The zero-order chi connectivity index (χ0) is 13.0. The monoisotopic (exact) mass is 286 g/mol. The second-order valence-electron chi connectivity index (χ2n) is 4.29. The van der Waals surface area contributed by atoms with Crippen LogP contribution in [0, 0.1) is 0 Å². The summed E-state index contributed by atoms with van der Waals surface area (Å²) >= 11 is 12.0. The molecule has 0 amide bonds. The fourth-order valence-corrected chi connectivity index (χ4v) is 2.40. The number of hydrazine groups is 1. The van der Waals surface area contributed by atoms with Crippen LogP contribution in [0.4, 0.5) is 5.69 Å². The van der Waals surface area contributed by atoms with E-state index in [2.05, 4.69) is 15.7 Å². The molecule has 1 aromatic carbocycles. The predicted molar refractivity (Wildman–Crippen MR) is 77.1 cm³/mol. The van der Waals surface area contributed by atoms with Crippen LogP contribution in [0.2, 0.25) is 10.0 Å². The van der Waals surface area contributed by atoms with Crippen LogP contribution in [0.1, 0.15) is 25.7 Å². The van der Waals surface area contributed by atoms with Crippen molar-refractivity contribution in [3.63, 3.8) is 0 Å². The van der Waals surface area contributed by atoms with Crippen LogP contribution in [-0.2, 0) is 0 Å². The summed E-state index contributed by atoms with van der Waals surface area (Å²) in [6.45, 7) is 0. The van der Waals surface area contributed by atoms with Crippen molar-refractivity contribution in [1.29, 1.82) is 0 Å². The first-order valence-corrected chi connectivity index (χ1v) is 6.71. The number of nitrogens with zero attached hydrogens (tertiary/aromatic N) is 1. The van der Waals surface area contributed by atoms with Gasteiger partial charge in [0.25, 0.3) is 0 Å². The summed E-state index contributed by atoms with van der Waals surface area (Å²) in [4.78, 5) is 4.53. The van der Waals surface area contributed by atoms with Crippen LogP contribution in [0.5, 0.6) is 0 Å². The zero-order valence-corrected chi connectivity index (χ0v) is 11.4. The number of aliphatic imine (C=N–C) groups is 1. The smallest absolute Gasteiger partial charge is 0.210 e. The highest BCUT2D eigenvalue weighted by Gasteiger charge is 2.15. The second kappa shape index (κ2) is 6.27. The number of halogens is 2. The third kappa shape index (κ3) is 3.28. The average molecular weight is 287 g/mol. The van der Waals surface area contributed by atoms with Crippen LogP contribution in [-0.4, -0.2) is 12.0 Å². The van der Waals surface area contributed by atoms with Crippen molar-refractivity contribution in [1.82, 2.24) is 5.43 Å². The largest absolute Gasteiger partial charge is 0.324 e. The maximum Gasteiger partial charge on any atom is 0.210 e. The maximum atomic E-state index is 6.09. The Labute approximate surface area is 117 Å². The molecular formula is C12H16Cl2N4. The van der Waals surface area contributed by atoms with E-state index in [0.29, 0.717) is 27.7 Å². The number of nitrogens with two attached hydrogens (primary N) is 1. The minimum atomic E-state index is 0.335. The van der Waals surface area contributed by atoms with Gasteiger partial charge in [0.05, 0.1) is 21.8 Å². The second-order valence-corrected chi connectivity index (χ2v) is 5.07. The van der Waals surface area contributed by atoms with Crippen molar-refractivity contribution in [3.8, 4) is 0 Å². The van der Waals surface area contributed by atoms with Gasteiger partial charge >= 0.3 is 0 Å². The molecule has 0 spiro atoms. The fraction of sp³-hybridized carbons (Fsp3) is 0.417. The molecule has 0 aliphatic heterocycles. The minimum absolute atomic E-state index is 0.335. The molecule has 0 radical (unpaired) electrons. The molecule has 0 unspecified atom stereocenters. The van der Waals surface area contributed by atoms with Crippen molar-refractivity contribution in [2.75, 3.05) is 5.32 Å². The predicted octanol–water partition coefficient (Wildman–Crippen LogP) is 3.17. The molecule has 1 aromatic rings. The van der Waals surface area contributed by atoms with Gasteiger partial charge in [-0.15, -0.1) is 0 Å². The van der Waals surface area contributed by atoms with E-state index in [9.17, 15) is 0 Å². The van der Waals surface area contributed by atoms with E-state index >= 15 is 0 Å². The van der Waals surface area contributed by atoms with E-state index in [1.165, 1.54) is 12.8 Å².